The highest BCUT2D eigenvalue weighted by molar-refractivity contribution is 7.92. The van der Waals surface area contributed by atoms with Crippen molar-refractivity contribution < 1.29 is 17.9 Å². The summed E-state index contributed by atoms with van der Waals surface area (Å²) >= 11 is 0. The number of anilines is 2. The summed E-state index contributed by atoms with van der Waals surface area (Å²) in [4.78, 5) is 17.4. The minimum atomic E-state index is -4.13. The molecule has 1 heterocycles. The van der Waals surface area contributed by atoms with Gasteiger partial charge in [0, 0.05) is 5.69 Å². The fourth-order valence-corrected chi connectivity index (χ4v) is 5.90. The van der Waals surface area contributed by atoms with Crippen LogP contribution in [0.4, 0.5) is 11.5 Å². The SMILES string of the molecule is Cc1nc(N(CC(=O)O[C@@H]2C[C@H](C)CC[C@H]2C(C)C)S(=O)(=O)c2ccc(N)cc2)c(C)n1N. The molecule has 0 aliphatic heterocycles. The van der Waals surface area contributed by atoms with Crippen LogP contribution in [-0.4, -0.2) is 36.7 Å². The van der Waals surface area contributed by atoms with Gasteiger partial charge in [-0.15, -0.1) is 0 Å². The normalized spacial score (nSPS) is 21.2. The molecule has 33 heavy (non-hydrogen) atoms. The number of nitrogens with zero attached hydrogens (tertiary/aromatic N) is 3. The Kier molecular flexibility index (Phi) is 7.26. The lowest BCUT2D eigenvalue weighted by Crippen LogP contribution is -2.41. The molecule has 3 rings (SSSR count). The first kappa shape index (κ1) is 24.9. The van der Waals surface area contributed by atoms with Crippen LogP contribution in [0.1, 0.15) is 51.6 Å². The smallest absolute Gasteiger partial charge is 0.327 e. The second-order valence-electron chi connectivity index (χ2n) is 9.37. The van der Waals surface area contributed by atoms with Gasteiger partial charge >= 0.3 is 5.97 Å². The van der Waals surface area contributed by atoms with Gasteiger partial charge in [0.15, 0.2) is 5.82 Å². The van der Waals surface area contributed by atoms with Crippen LogP contribution < -0.4 is 15.9 Å². The van der Waals surface area contributed by atoms with Crippen molar-refractivity contribution in [3.63, 3.8) is 0 Å². The van der Waals surface area contributed by atoms with Crippen LogP contribution >= 0.6 is 0 Å². The number of aromatic nitrogens is 2. The van der Waals surface area contributed by atoms with Gasteiger partial charge in [-0.2, -0.15) is 0 Å². The highest BCUT2D eigenvalue weighted by atomic mass is 32.2. The zero-order valence-electron chi connectivity index (χ0n) is 20.0. The predicted molar refractivity (Wildman–Crippen MR) is 128 cm³/mol. The van der Waals surface area contributed by atoms with Crippen molar-refractivity contribution >= 4 is 27.5 Å². The largest absolute Gasteiger partial charge is 0.461 e. The van der Waals surface area contributed by atoms with E-state index in [0.29, 0.717) is 29.0 Å². The molecule has 1 aliphatic rings. The maximum atomic E-state index is 13.6. The molecule has 1 aliphatic carbocycles. The van der Waals surface area contributed by atoms with Crippen LogP contribution in [0, 0.1) is 31.6 Å². The number of carbonyl (C=O) groups is 1. The van der Waals surface area contributed by atoms with Crippen LogP contribution in [0.3, 0.4) is 0 Å². The van der Waals surface area contributed by atoms with E-state index in [-0.39, 0.29) is 22.7 Å². The van der Waals surface area contributed by atoms with E-state index in [1.807, 2.05) is 0 Å². The van der Waals surface area contributed by atoms with Gasteiger partial charge in [-0.25, -0.2) is 22.4 Å². The molecule has 0 amide bonds. The van der Waals surface area contributed by atoms with Gasteiger partial charge in [-0.3, -0.25) is 4.79 Å². The van der Waals surface area contributed by atoms with Gasteiger partial charge in [0.2, 0.25) is 0 Å². The van der Waals surface area contributed by atoms with Crippen molar-refractivity contribution in [1.29, 1.82) is 0 Å². The van der Waals surface area contributed by atoms with Gasteiger partial charge in [-0.1, -0.05) is 27.2 Å². The van der Waals surface area contributed by atoms with Gasteiger partial charge in [-0.05, 0) is 68.7 Å². The molecule has 0 bridgehead atoms. The number of carbonyl (C=O) groups excluding carboxylic acids is 1. The van der Waals surface area contributed by atoms with E-state index in [9.17, 15) is 13.2 Å². The summed E-state index contributed by atoms with van der Waals surface area (Å²) in [5.74, 6) is 6.97. The second kappa shape index (κ2) is 9.62. The van der Waals surface area contributed by atoms with E-state index in [1.54, 1.807) is 13.8 Å². The Hall–Kier alpha value is -2.75. The molecule has 2 aromatic rings. The number of hydrogen-bond acceptors (Lipinski definition) is 7. The van der Waals surface area contributed by atoms with Gasteiger partial charge in [0.1, 0.15) is 18.5 Å². The minimum absolute atomic E-state index is 0.000491. The lowest BCUT2D eigenvalue weighted by molar-refractivity contribution is -0.153. The monoisotopic (exact) mass is 477 g/mol. The Morgan fingerprint density at radius 1 is 1.24 bits per heavy atom. The number of nitrogens with two attached hydrogens (primary N) is 2. The minimum Gasteiger partial charge on any atom is -0.461 e. The second-order valence-corrected chi connectivity index (χ2v) is 11.2. The third-order valence-corrected chi connectivity index (χ3v) is 8.27. The average molecular weight is 478 g/mol. The molecule has 182 valence electrons. The highest BCUT2D eigenvalue weighted by Crippen LogP contribution is 2.35. The Balaban J connectivity index is 1.93. The summed E-state index contributed by atoms with van der Waals surface area (Å²) in [5, 5.41) is 0. The number of esters is 1. The quantitative estimate of drug-likeness (QED) is 0.356. The molecule has 3 atom stereocenters. The van der Waals surface area contributed by atoms with Crippen LogP contribution in [0.5, 0.6) is 0 Å². The Labute approximate surface area is 196 Å². The van der Waals surface area contributed by atoms with E-state index in [1.165, 1.54) is 28.9 Å². The first-order valence-electron chi connectivity index (χ1n) is 11.3. The number of sulfonamides is 1. The van der Waals surface area contributed by atoms with E-state index in [0.717, 1.165) is 23.6 Å². The molecule has 10 heteroatoms. The van der Waals surface area contributed by atoms with E-state index >= 15 is 0 Å². The van der Waals surface area contributed by atoms with Crippen LogP contribution in [0.2, 0.25) is 0 Å². The lowest BCUT2D eigenvalue weighted by Gasteiger charge is -2.37. The van der Waals surface area contributed by atoms with E-state index in [2.05, 4.69) is 25.8 Å². The fraction of sp³-hybridized carbons (Fsp3) is 0.565. The van der Waals surface area contributed by atoms with Crippen molar-refractivity contribution in [1.82, 2.24) is 9.66 Å². The first-order valence-corrected chi connectivity index (χ1v) is 12.7. The summed E-state index contributed by atoms with van der Waals surface area (Å²) < 4.78 is 35.3. The highest BCUT2D eigenvalue weighted by Gasteiger charge is 2.36. The third kappa shape index (κ3) is 5.26. The Morgan fingerprint density at radius 3 is 2.42 bits per heavy atom. The average Bonchev–Trinajstić information content (AvgIpc) is 2.99. The molecule has 0 saturated heterocycles. The number of ether oxygens (including phenoxy) is 1. The fourth-order valence-electron chi connectivity index (χ4n) is 4.49. The van der Waals surface area contributed by atoms with E-state index < -0.39 is 22.5 Å². The van der Waals surface area contributed by atoms with Crippen molar-refractivity contribution in [3.8, 4) is 0 Å². The lowest BCUT2D eigenvalue weighted by atomic mass is 9.75. The standard InChI is InChI=1S/C23H35N5O4S/c1-14(2)20-11-6-15(3)12-21(20)32-22(29)13-27(23-16(4)28(25)17(5)26-23)33(30,31)19-9-7-18(24)8-10-19/h7-10,14-15,20-21H,6,11-13,24-25H2,1-5H3/t15-,20+,21-/m1/s1. The van der Waals surface area contributed by atoms with Crippen molar-refractivity contribution in [2.75, 3.05) is 22.4 Å². The molecule has 1 aromatic carbocycles. The summed E-state index contributed by atoms with van der Waals surface area (Å²) in [7, 11) is -4.13. The molecule has 4 N–H and O–H groups in total. The predicted octanol–water partition coefficient (Wildman–Crippen LogP) is 3.00. The molecule has 1 saturated carbocycles. The summed E-state index contributed by atoms with van der Waals surface area (Å²) in [6.07, 6.45) is 2.62. The van der Waals surface area contributed by atoms with Crippen LogP contribution in [0.15, 0.2) is 29.2 Å². The number of hydrogen-bond donors (Lipinski definition) is 2. The number of imidazole rings is 1. The molecule has 9 nitrogen and oxygen atoms in total. The zero-order chi connectivity index (χ0) is 24.5. The maximum absolute atomic E-state index is 13.6. The van der Waals surface area contributed by atoms with Gasteiger partial charge in [0.05, 0.1) is 10.6 Å². The van der Waals surface area contributed by atoms with Crippen LogP contribution in [-0.2, 0) is 19.6 Å². The molecule has 1 fully saturated rings. The van der Waals surface area contributed by atoms with Gasteiger partial charge < -0.3 is 16.3 Å². The summed E-state index contributed by atoms with van der Waals surface area (Å²) in [5.41, 5.74) is 6.58. The third-order valence-electron chi connectivity index (χ3n) is 6.52. The van der Waals surface area contributed by atoms with Crippen molar-refractivity contribution in [3.05, 3.63) is 35.8 Å². The first-order chi connectivity index (χ1) is 15.4. The molecular formula is C23H35N5O4S. The molecule has 0 spiro atoms. The topological polar surface area (TPSA) is 134 Å². The Bertz CT molecular complexity index is 1090. The van der Waals surface area contributed by atoms with Crippen molar-refractivity contribution in [2.24, 2.45) is 17.8 Å². The zero-order valence-corrected chi connectivity index (χ0v) is 20.8. The number of nitrogen functional groups attached to an aromatic ring is 2. The summed E-state index contributed by atoms with van der Waals surface area (Å²) in [6, 6.07) is 5.81. The Morgan fingerprint density at radius 2 is 1.88 bits per heavy atom. The molecular weight excluding hydrogens is 442 g/mol. The van der Waals surface area contributed by atoms with Gasteiger partial charge in [0.25, 0.3) is 10.0 Å². The van der Waals surface area contributed by atoms with E-state index in [4.69, 9.17) is 16.3 Å². The molecule has 1 aromatic heterocycles. The molecule has 0 radical (unpaired) electrons. The van der Waals surface area contributed by atoms with Crippen molar-refractivity contribution in [2.45, 2.75) is 64.9 Å². The maximum Gasteiger partial charge on any atom is 0.327 e. The number of rotatable bonds is 7. The number of benzene rings is 1. The summed E-state index contributed by atoms with van der Waals surface area (Å²) in [6.45, 7) is 9.22. The number of aryl methyl sites for hydroxylation is 1. The van der Waals surface area contributed by atoms with Crippen LogP contribution in [0.25, 0.3) is 0 Å². The molecule has 0 unspecified atom stereocenters.